The SMILES string of the molecule is NCC1(C(N)c2ccc3ncoc3c2)CC1. The molecule has 1 aromatic carbocycles. The molecule has 1 atom stereocenters. The molecule has 1 aliphatic carbocycles. The molecule has 3 rings (SSSR count). The normalized spacial score (nSPS) is 19.9. The number of aromatic nitrogens is 1. The third kappa shape index (κ3) is 1.34. The Morgan fingerprint density at radius 3 is 2.94 bits per heavy atom. The fourth-order valence-corrected chi connectivity index (χ4v) is 2.22. The van der Waals surface area contributed by atoms with Crippen LogP contribution in [-0.4, -0.2) is 11.5 Å². The van der Waals surface area contributed by atoms with Crippen molar-refractivity contribution in [3.05, 3.63) is 30.2 Å². The number of fused-ring (bicyclic) bond motifs is 1. The van der Waals surface area contributed by atoms with Gasteiger partial charge in [0.25, 0.3) is 0 Å². The highest BCUT2D eigenvalue weighted by Gasteiger charge is 2.47. The smallest absolute Gasteiger partial charge is 0.181 e. The van der Waals surface area contributed by atoms with Crippen LogP contribution in [0.25, 0.3) is 11.1 Å². The zero-order chi connectivity index (χ0) is 11.2. The Kier molecular flexibility index (Phi) is 2.02. The molecule has 1 unspecified atom stereocenters. The van der Waals surface area contributed by atoms with Crippen LogP contribution >= 0.6 is 0 Å². The van der Waals surface area contributed by atoms with E-state index in [0.29, 0.717) is 6.54 Å². The molecule has 0 amide bonds. The predicted octanol–water partition coefficient (Wildman–Crippen LogP) is 1.57. The summed E-state index contributed by atoms with van der Waals surface area (Å²) in [6.07, 6.45) is 3.70. The molecule has 1 aliphatic rings. The van der Waals surface area contributed by atoms with Gasteiger partial charge in [-0.15, -0.1) is 0 Å². The maximum absolute atomic E-state index is 6.26. The topological polar surface area (TPSA) is 78.1 Å². The van der Waals surface area contributed by atoms with E-state index in [1.54, 1.807) is 0 Å². The zero-order valence-corrected chi connectivity index (χ0v) is 9.02. The quantitative estimate of drug-likeness (QED) is 0.818. The van der Waals surface area contributed by atoms with E-state index in [-0.39, 0.29) is 11.5 Å². The van der Waals surface area contributed by atoms with Crippen LogP contribution in [0.1, 0.15) is 24.4 Å². The van der Waals surface area contributed by atoms with E-state index < -0.39 is 0 Å². The lowest BCUT2D eigenvalue weighted by atomic mass is 9.91. The molecule has 1 saturated carbocycles. The van der Waals surface area contributed by atoms with Gasteiger partial charge in [0, 0.05) is 11.5 Å². The van der Waals surface area contributed by atoms with Gasteiger partial charge in [-0.25, -0.2) is 4.98 Å². The average Bonchev–Trinajstić information content (AvgIpc) is 2.98. The maximum Gasteiger partial charge on any atom is 0.181 e. The fourth-order valence-electron chi connectivity index (χ4n) is 2.22. The van der Waals surface area contributed by atoms with Crippen molar-refractivity contribution in [1.82, 2.24) is 4.98 Å². The van der Waals surface area contributed by atoms with E-state index in [0.717, 1.165) is 29.5 Å². The molecule has 1 heterocycles. The van der Waals surface area contributed by atoms with Gasteiger partial charge in [-0.2, -0.15) is 0 Å². The molecule has 0 spiro atoms. The van der Waals surface area contributed by atoms with Gasteiger partial charge in [0.05, 0.1) is 0 Å². The van der Waals surface area contributed by atoms with Crippen molar-refractivity contribution in [3.63, 3.8) is 0 Å². The summed E-state index contributed by atoms with van der Waals surface area (Å²) in [5.74, 6) is 0. The van der Waals surface area contributed by atoms with Gasteiger partial charge >= 0.3 is 0 Å². The molecule has 0 bridgehead atoms. The van der Waals surface area contributed by atoms with E-state index in [9.17, 15) is 0 Å². The van der Waals surface area contributed by atoms with Crippen LogP contribution in [0.2, 0.25) is 0 Å². The fraction of sp³-hybridized carbons (Fsp3) is 0.417. The summed E-state index contributed by atoms with van der Waals surface area (Å²) in [5, 5.41) is 0. The van der Waals surface area contributed by atoms with E-state index in [4.69, 9.17) is 15.9 Å². The van der Waals surface area contributed by atoms with Crippen molar-refractivity contribution in [2.75, 3.05) is 6.54 Å². The molecule has 0 aliphatic heterocycles. The molecular weight excluding hydrogens is 202 g/mol. The first-order chi connectivity index (χ1) is 7.75. The van der Waals surface area contributed by atoms with Crippen LogP contribution in [0.15, 0.2) is 29.0 Å². The highest BCUT2D eigenvalue weighted by molar-refractivity contribution is 5.73. The maximum atomic E-state index is 6.26. The van der Waals surface area contributed by atoms with Gasteiger partial charge in [0.15, 0.2) is 12.0 Å². The minimum Gasteiger partial charge on any atom is -0.443 e. The Morgan fingerprint density at radius 2 is 2.25 bits per heavy atom. The first kappa shape index (κ1) is 9.81. The summed E-state index contributed by atoms with van der Waals surface area (Å²) < 4.78 is 5.28. The molecular formula is C12H15N3O. The molecule has 1 aromatic heterocycles. The van der Waals surface area contributed by atoms with Crippen molar-refractivity contribution < 1.29 is 4.42 Å². The van der Waals surface area contributed by atoms with Crippen LogP contribution in [-0.2, 0) is 0 Å². The summed E-state index contributed by atoms with van der Waals surface area (Å²) in [6.45, 7) is 0.655. The largest absolute Gasteiger partial charge is 0.443 e. The number of hydrogen-bond donors (Lipinski definition) is 2. The van der Waals surface area contributed by atoms with Crippen molar-refractivity contribution in [3.8, 4) is 0 Å². The van der Waals surface area contributed by atoms with E-state index in [1.165, 1.54) is 6.39 Å². The third-order valence-corrected chi connectivity index (χ3v) is 3.67. The highest BCUT2D eigenvalue weighted by Crippen LogP contribution is 2.53. The molecule has 4 heteroatoms. The lowest BCUT2D eigenvalue weighted by Crippen LogP contribution is -2.29. The molecule has 0 radical (unpaired) electrons. The van der Waals surface area contributed by atoms with Crippen molar-refractivity contribution in [2.24, 2.45) is 16.9 Å². The monoisotopic (exact) mass is 217 g/mol. The van der Waals surface area contributed by atoms with Gasteiger partial charge in [-0.05, 0) is 37.1 Å². The van der Waals surface area contributed by atoms with Crippen LogP contribution < -0.4 is 11.5 Å². The van der Waals surface area contributed by atoms with Crippen molar-refractivity contribution in [1.29, 1.82) is 0 Å². The Hall–Kier alpha value is -1.39. The summed E-state index contributed by atoms with van der Waals surface area (Å²) in [7, 11) is 0. The number of benzene rings is 1. The molecule has 4 N–H and O–H groups in total. The molecule has 84 valence electrons. The second-order valence-corrected chi connectivity index (χ2v) is 4.62. The van der Waals surface area contributed by atoms with Crippen LogP contribution in [0, 0.1) is 5.41 Å². The lowest BCUT2D eigenvalue weighted by molar-refractivity contribution is 0.419. The van der Waals surface area contributed by atoms with Gasteiger partial charge in [0.2, 0.25) is 0 Å². The van der Waals surface area contributed by atoms with E-state index >= 15 is 0 Å². The summed E-state index contributed by atoms with van der Waals surface area (Å²) >= 11 is 0. The second-order valence-electron chi connectivity index (χ2n) is 4.62. The number of nitrogens with two attached hydrogens (primary N) is 2. The zero-order valence-electron chi connectivity index (χ0n) is 9.02. The summed E-state index contributed by atoms with van der Waals surface area (Å²) in [6, 6.07) is 5.95. The van der Waals surface area contributed by atoms with E-state index in [2.05, 4.69) is 4.98 Å². The standard InChI is InChI=1S/C12H15N3O/c13-6-12(3-4-12)11(14)8-1-2-9-10(5-8)16-7-15-9/h1-2,5,7,11H,3-4,6,13-14H2. The van der Waals surface area contributed by atoms with Gasteiger partial charge in [-0.3, -0.25) is 0 Å². The first-order valence-corrected chi connectivity index (χ1v) is 5.54. The molecule has 16 heavy (non-hydrogen) atoms. The van der Waals surface area contributed by atoms with E-state index in [1.807, 2.05) is 18.2 Å². The number of hydrogen-bond acceptors (Lipinski definition) is 4. The summed E-state index contributed by atoms with van der Waals surface area (Å²) in [4.78, 5) is 4.08. The molecule has 2 aromatic rings. The third-order valence-electron chi connectivity index (χ3n) is 3.67. The van der Waals surface area contributed by atoms with Crippen LogP contribution in [0.5, 0.6) is 0 Å². The minimum absolute atomic E-state index is 0.00648. The second kappa shape index (κ2) is 3.30. The minimum atomic E-state index is 0.00648. The number of rotatable bonds is 3. The summed E-state index contributed by atoms with van der Waals surface area (Å²) in [5.41, 5.74) is 14.9. The average molecular weight is 217 g/mol. The highest BCUT2D eigenvalue weighted by atomic mass is 16.3. The van der Waals surface area contributed by atoms with Crippen molar-refractivity contribution >= 4 is 11.1 Å². The van der Waals surface area contributed by atoms with Crippen LogP contribution in [0.3, 0.4) is 0 Å². The molecule has 0 saturated heterocycles. The molecule has 1 fully saturated rings. The van der Waals surface area contributed by atoms with Gasteiger partial charge in [-0.1, -0.05) is 6.07 Å². The Bertz CT molecular complexity index is 516. The van der Waals surface area contributed by atoms with Crippen molar-refractivity contribution in [2.45, 2.75) is 18.9 Å². The Balaban J connectivity index is 1.99. The Labute approximate surface area is 93.6 Å². The first-order valence-electron chi connectivity index (χ1n) is 5.54. The van der Waals surface area contributed by atoms with Gasteiger partial charge in [0.1, 0.15) is 5.52 Å². The number of nitrogens with zero attached hydrogens (tertiary/aromatic N) is 1. The van der Waals surface area contributed by atoms with Gasteiger partial charge < -0.3 is 15.9 Å². The predicted molar refractivity (Wildman–Crippen MR) is 61.7 cm³/mol. The number of oxazole rings is 1. The lowest BCUT2D eigenvalue weighted by Gasteiger charge is -2.21. The molecule has 4 nitrogen and oxygen atoms in total. The Morgan fingerprint density at radius 1 is 1.44 bits per heavy atom. The van der Waals surface area contributed by atoms with Crippen LogP contribution in [0.4, 0.5) is 0 Å².